The number of halogens is 2. The molecule has 96 valence electrons. The van der Waals surface area contributed by atoms with Gasteiger partial charge in [-0.15, -0.1) is 11.3 Å². The van der Waals surface area contributed by atoms with E-state index in [4.69, 9.17) is 27.9 Å². The van der Waals surface area contributed by atoms with Crippen molar-refractivity contribution >= 4 is 40.3 Å². The molecule has 0 aliphatic rings. The normalized spacial score (nSPS) is 10.7. The van der Waals surface area contributed by atoms with E-state index in [-0.39, 0.29) is 5.78 Å². The Morgan fingerprint density at radius 2 is 2.28 bits per heavy atom. The van der Waals surface area contributed by atoms with Gasteiger partial charge in [0, 0.05) is 6.54 Å². The number of rotatable bonds is 4. The number of nitrogens with zero attached hydrogens (tertiary/aromatic N) is 2. The van der Waals surface area contributed by atoms with E-state index in [1.54, 1.807) is 10.7 Å². The lowest BCUT2D eigenvalue weighted by atomic mass is 10.1. The van der Waals surface area contributed by atoms with Crippen molar-refractivity contribution in [2.24, 2.45) is 0 Å². The van der Waals surface area contributed by atoms with Crippen LogP contribution < -0.4 is 4.74 Å². The van der Waals surface area contributed by atoms with Gasteiger partial charge in [0.15, 0.2) is 11.4 Å². The number of carbonyl (C=O) groups excluding carboxylic acids is 1. The largest absolute Gasteiger partial charge is 0.493 e. The maximum Gasteiger partial charge on any atom is 0.217 e. The second kappa shape index (κ2) is 5.30. The first-order valence-corrected chi connectivity index (χ1v) is 6.75. The van der Waals surface area contributed by atoms with Gasteiger partial charge in [0.1, 0.15) is 4.34 Å². The van der Waals surface area contributed by atoms with Crippen LogP contribution in [0.1, 0.15) is 23.0 Å². The van der Waals surface area contributed by atoms with Crippen LogP contribution in [0.15, 0.2) is 12.3 Å². The highest BCUT2D eigenvalue weighted by Gasteiger charge is 2.23. The van der Waals surface area contributed by atoms with E-state index >= 15 is 0 Å². The summed E-state index contributed by atoms with van der Waals surface area (Å²) >= 11 is 13.0. The maximum absolute atomic E-state index is 12.4. The minimum atomic E-state index is -0.237. The molecule has 0 unspecified atom stereocenters. The molecule has 0 spiro atoms. The second-order valence-corrected chi connectivity index (χ2v) is 5.73. The zero-order valence-electron chi connectivity index (χ0n) is 9.74. The Hall–Kier alpha value is -1.04. The van der Waals surface area contributed by atoms with E-state index in [0.717, 1.165) is 11.3 Å². The van der Waals surface area contributed by atoms with Gasteiger partial charge in [-0.05, 0) is 13.0 Å². The Bertz CT molecular complexity index is 570. The summed E-state index contributed by atoms with van der Waals surface area (Å²) in [6, 6.07) is 1.56. The molecule has 2 heterocycles. The number of ether oxygens (including phenoxy) is 1. The number of hydrogen-bond acceptors (Lipinski definition) is 4. The van der Waals surface area contributed by atoms with Crippen LogP contribution in [-0.2, 0) is 6.54 Å². The highest BCUT2D eigenvalue weighted by molar-refractivity contribution is 7.20. The van der Waals surface area contributed by atoms with Crippen molar-refractivity contribution in [2.45, 2.75) is 13.5 Å². The molecule has 0 saturated heterocycles. The molecule has 0 aliphatic heterocycles. The highest BCUT2D eigenvalue weighted by atomic mass is 35.5. The summed E-state index contributed by atoms with van der Waals surface area (Å²) in [6.07, 6.45) is 1.51. The molecule has 2 aromatic rings. The van der Waals surface area contributed by atoms with Gasteiger partial charge < -0.3 is 4.74 Å². The van der Waals surface area contributed by atoms with Crippen LogP contribution in [0, 0.1) is 0 Å². The summed E-state index contributed by atoms with van der Waals surface area (Å²) in [5.74, 6) is 0.194. The summed E-state index contributed by atoms with van der Waals surface area (Å²) in [4.78, 5) is 12.4. The standard InChI is InChI=1S/C11H10Cl2N2O2S/c1-3-15-9(7(17-2)5-14-15)10(16)6-4-8(12)18-11(6)13/h4-5H,3H2,1-2H3. The number of hydrogen-bond donors (Lipinski definition) is 0. The SMILES string of the molecule is CCn1ncc(OC)c1C(=O)c1cc(Cl)sc1Cl. The minimum Gasteiger partial charge on any atom is -0.493 e. The van der Waals surface area contributed by atoms with Crippen LogP contribution in [0.2, 0.25) is 8.67 Å². The third-order valence-corrected chi connectivity index (χ3v) is 3.93. The predicted molar refractivity (Wildman–Crippen MR) is 72.2 cm³/mol. The first-order valence-electron chi connectivity index (χ1n) is 5.17. The van der Waals surface area contributed by atoms with Crippen molar-refractivity contribution in [1.82, 2.24) is 9.78 Å². The van der Waals surface area contributed by atoms with E-state index < -0.39 is 0 Å². The van der Waals surface area contributed by atoms with Crippen LogP contribution >= 0.6 is 34.5 Å². The Labute approximate surface area is 118 Å². The van der Waals surface area contributed by atoms with E-state index in [1.165, 1.54) is 13.3 Å². The topological polar surface area (TPSA) is 44.1 Å². The summed E-state index contributed by atoms with van der Waals surface area (Å²) in [5.41, 5.74) is 0.761. The Morgan fingerprint density at radius 1 is 1.56 bits per heavy atom. The van der Waals surface area contributed by atoms with E-state index in [9.17, 15) is 4.79 Å². The molecule has 4 nitrogen and oxygen atoms in total. The second-order valence-electron chi connectivity index (χ2n) is 3.44. The van der Waals surface area contributed by atoms with Crippen LogP contribution in [0.5, 0.6) is 5.75 Å². The van der Waals surface area contributed by atoms with Crippen LogP contribution in [0.4, 0.5) is 0 Å². The molecule has 0 bridgehead atoms. The third kappa shape index (κ3) is 2.25. The molecule has 7 heteroatoms. The van der Waals surface area contributed by atoms with Gasteiger partial charge in [-0.3, -0.25) is 9.48 Å². The van der Waals surface area contributed by atoms with Crippen molar-refractivity contribution in [3.63, 3.8) is 0 Å². The van der Waals surface area contributed by atoms with Gasteiger partial charge in [-0.1, -0.05) is 23.2 Å². The number of thiophene rings is 1. The van der Waals surface area contributed by atoms with Crippen LogP contribution in [0.3, 0.4) is 0 Å². The molecular weight excluding hydrogens is 295 g/mol. The van der Waals surface area contributed by atoms with E-state index in [0.29, 0.717) is 32.2 Å². The molecular formula is C11H10Cl2N2O2S. The number of methoxy groups -OCH3 is 1. The molecule has 0 N–H and O–H groups in total. The Kier molecular flexibility index (Phi) is 3.94. The number of aryl methyl sites for hydroxylation is 1. The molecule has 0 amide bonds. The summed E-state index contributed by atoms with van der Waals surface area (Å²) < 4.78 is 7.56. The minimum absolute atomic E-state index is 0.237. The molecule has 0 aliphatic carbocycles. The quantitative estimate of drug-likeness (QED) is 0.812. The summed E-state index contributed by atoms with van der Waals surface area (Å²) in [7, 11) is 1.50. The fourth-order valence-corrected chi connectivity index (χ4v) is 3.07. The van der Waals surface area contributed by atoms with Crippen molar-refractivity contribution < 1.29 is 9.53 Å². The Morgan fingerprint density at radius 3 is 2.78 bits per heavy atom. The van der Waals surface area contributed by atoms with E-state index in [1.807, 2.05) is 6.92 Å². The summed E-state index contributed by atoms with van der Waals surface area (Å²) in [6.45, 7) is 2.46. The zero-order valence-corrected chi connectivity index (χ0v) is 12.1. The molecule has 0 fully saturated rings. The van der Waals surface area contributed by atoms with Gasteiger partial charge >= 0.3 is 0 Å². The van der Waals surface area contributed by atoms with Crippen molar-refractivity contribution in [1.29, 1.82) is 0 Å². The molecule has 0 aromatic carbocycles. The van der Waals surface area contributed by atoms with E-state index in [2.05, 4.69) is 5.10 Å². The molecule has 0 saturated carbocycles. The van der Waals surface area contributed by atoms with Gasteiger partial charge in [0.2, 0.25) is 5.78 Å². The maximum atomic E-state index is 12.4. The van der Waals surface area contributed by atoms with Gasteiger partial charge in [0.05, 0.1) is 23.2 Å². The number of carbonyl (C=O) groups is 1. The summed E-state index contributed by atoms with van der Waals surface area (Å²) in [5, 5.41) is 4.09. The van der Waals surface area contributed by atoms with Crippen LogP contribution in [-0.4, -0.2) is 22.7 Å². The molecule has 0 radical (unpaired) electrons. The molecule has 18 heavy (non-hydrogen) atoms. The number of ketones is 1. The lowest BCUT2D eigenvalue weighted by molar-refractivity contribution is 0.102. The first kappa shape index (κ1) is 13.4. The fourth-order valence-electron chi connectivity index (χ4n) is 1.61. The molecule has 2 rings (SSSR count). The third-order valence-electron chi connectivity index (χ3n) is 2.44. The lowest BCUT2D eigenvalue weighted by Gasteiger charge is -2.05. The fraction of sp³-hybridized carbons (Fsp3) is 0.273. The average molecular weight is 305 g/mol. The van der Waals surface area contributed by atoms with Crippen molar-refractivity contribution in [2.75, 3.05) is 7.11 Å². The first-order chi connectivity index (χ1) is 8.58. The van der Waals surface area contributed by atoms with Gasteiger partial charge in [-0.25, -0.2) is 0 Å². The number of aromatic nitrogens is 2. The lowest BCUT2D eigenvalue weighted by Crippen LogP contribution is -2.11. The average Bonchev–Trinajstić information content (AvgIpc) is 2.90. The highest BCUT2D eigenvalue weighted by Crippen LogP contribution is 2.34. The van der Waals surface area contributed by atoms with Crippen molar-refractivity contribution in [3.05, 3.63) is 32.2 Å². The van der Waals surface area contributed by atoms with Crippen molar-refractivity contribution in [3.8, 4) is 5.75 Å². The molecule has 2 aromatic heterocycles. The zero-order chi connectivity index (χ0) is 13.3. The molecule has 0 atom stereocenters. The van der Waals surface area contributed by atoms with Gasteiger partial charge in [-0.2, -0.15) is 5.10 Å². The Balaban J connectivity index is 2.51. The monoisotopic (exact) mass is 304 g/mol. The van der Waals surface area contributed by atoms with Crippen LogP contribution in [0.25, 0.3) is 0 Å². The predicted octanol–water partition coefficient (Wildman–Crippen LogP) is 3.51. The smallest absolute Gasteiger partial charge is 0.217 e. The van der Waals surface area contributed by atoms with Gasteiger partial charge in [0.25, 0.3) is 0 Å².